The van der Waals surface area contributed by atoms with Crippen molar-refractivity contribution in [2.75, 3.05) is 20.1 Å². The summed E-state index contributed by atoms with van der Waals surface area (Å²) in [6.07, 6.45) is -0.350. The first-order valence-electron chi connectivity index (χ1n) is 9.89. The van der Waals surface area contributed by atoms with E-state index in [-0.39, 0.29) is 17.8 Å². The Morgan fingerprint density at radius 1 is 0.931 bits per heavy atom. The molecule has 0 unspecified atom stereocenters. The van der Waals surface area contributed by atoms with Crippen LogP contribution in [0.25, 0.3) is 0 Å². The molecule has 3 aromatic rings. The fourth-order valence-electron chi connectivity index (χ4n) is 5.04. The predicted octanol–water partition coefficient (Wildman–Crippen LogP) is 5.37. The van der Waals surface area contributed by atoms with Gasteiger partial charge < -0.3 is 9.64 Å². The molecule has 0 bridgehead atoms. The van der Waals surface area contributed by atoms with Gasteiger partial charge in [0.25, 0.3) is 0 Å². The van der Waals surface area contributed by atoms with Gasteiger partial charge in [-0.15, -0.1) is 0 Å². The summed E-state index contributed by atoms with van der Waals surface area (Å²) < 4.78 is 6.58. The van der Waals surface area contributed by atoms with E-state index in [1.807, 2.05) is 66.7 Å². The second-order valence-corrected chi connectivity index (χ2v) is 8.51. The molecular weight excluding hydrogens is 382 g/mol. The number of ether oxygens (including phenoxy) is 1. The van der Waals surface area contributed by atoms with Gasteiger partial charge in [0, 0.05) is 24.0 Å². The number of likely N-dealkylation sites (tertiary alicyclic amines) is 1. The third-order valence-electron chi connectivity index (χ3n) is 6.29. The smallest absolute Gasteiger partial charge is 0.178 e. The number of rotatable bonds is 2. The van der Waals surface area contributed by atoms with E-state index in [2.05, 4.69) is 24.1 Å². The maximum atomic E-state index is 14.1. The Balaban J connectivity index is 1.73. The summed E-state index contributed by atoms with van der Waals surface area (Å²) in [6.45, 7) is 1.44. The number of benzene rings is 3. The van der Waals surface area contributed by atoms with Crippen molar-refractivity contribution in [2.45, 2.75) is 12.0 Å². The Morgan fingerprint density at radius 2 is 1.62 bits per heavy atom. The highest BCUT2D eigenvalue weighted by molar-refractivity contribution is 6.30. The summed E-state index contributed by atoms with van der Waals surface area (Å²) in [5.74, 6) is 0.842. The molecule has 0 aliphatic carbocycles. The molecule has 2 heterocycles. The van der Waals surface area contributed by atoms with Crippen molar-refractivity contribution in [1.29, 1.82) is 0 Å². The van der Waals surface area contributed by atoms with Gasteiger partial charge in [-0.05, 0) is 42.4 Å². The molecule has 0 aromatic heterocycles. The SMILES string of the molecule is CN1C[C@@H](c2ccc(Cl)cc2)[C@@]2(C1)C(=O)c1ccccc1O[C@H]2c1ccccc1. The van der Waals surface area contributed by atoms with Crippen LogP contribution in [-0.4, -0.2) is 30.8 Å². The lowest BCUT2D eigenvalue weighted by Crippen LogP contribution is -2.48. The molecule has 1 spiro atoms. The first-order chi connectivity index (χ1) is 14.1. The highest BCUT2D eigenvalue weighted by atomic mass is 35.5. The van der Waals surface area contributed by atoms with Gasteiger partial charge in [0.15, 0.2) is 5.78 Å². The van der Waals surface area contributed by atoms with Crippen molar-refractivity contribution in [3.8, 4) is 5.75 Å². The third-order valence-corrected chi connectivity index (χ3v) is 6.54. The quantitative estimate of drug-likeness (QED) is 0.576. The Labute approximate surface area is 175 Å². The summed E-state index contributed by atoms with van der Waals surface area (Å²) in [6, 6.07) is 25.6. The van der Waals surface area contributed by atoms with Gasteiger partial charge >= 0.3 is 0 Å². The molecule has 0 N–H and O–H groups in total. The van der Waals surface area contributed by atoms with E-state index in [0.717, 1.165) is 17.7 Å². The van der Waals surface area contributed by atoms with Crippen LogP contribution in [-0.2, 0) is 0 Å². The molecule has 3 aromatic carbocycles. The number of ketones is 1. The number of likely N-dealkylation sites (N-methyl/N-ethyl adjacent to an activating group) is 1. The van der Waals surface area contributed by atoms with E-state index >= 15 is 0 Å². The van der Waals surface area contributed by atoms with E-state index in [0.29, 0.717) is 22.9 Å². The number of nitrogens with zero attached hydrogens (tertiary/aromatic N) is 1. The van der Waals surface area contributed by atoms with Gasteiger partial charge in [0.2, 0.25) is 0 Å². The molecule has 5 rings (SSSR count). The number of para-hydroxylation sites is 1. The Morgan fingerprint density at radius 3 is 2.38 bits per heavy atom. The van der Waals surface area contributed by atoms with E-state index < -0.39 is 5.41 Å². The van der Waals surface area contributed by atoms with Crippen LogP contribution in [0, 0.1) is 5.41 Å². The fraction of sp³-hybridized carbons (Fsp3) is 0.240. The minimum absolute atomic E-state index is 0.0100. The Hall–Kier alpha value is -2.62. The number of carbonyl (C=O) groups excluding carboxylic acids is 1. The zero-order valence-corrected chi connectivity index (χ0v) is 17.0. The van der Waals surface area contributed by atoms with Crippen LogP contribution in [0.5, 0.6) is 5.75 Å². The molecule has 146 valence electrons. The molecule has 0 saturated carbocycles. The van der Waals surface area contributed by atoms with Crippen LogP contribution in [0.2, 0.25) is 5.02 Å². The average molecular weight is 404 g/mol. The van der Waals surface area contributed by atoms with Crippen LogP contribution in [0.4, 0.5) is 0 Å². The molecule has 29 heavy (non-hydrogen) atoms. The van der Waals surface area contributed by atoms with Crippen molar-refractivity contribution >= 4 is 17.4 Å². The maximum Gasteiger partial charge on any atom is 0.178 e. The minimum atomic E-state index is -0.696. The van der Waals surface area contributed by atoms with E-state index in [1.54, 1.807) is 0 Å². The zero-order chi connectivity index (χ0) is 20.0. The van der Waals surface area contributed by atoms with Crippen molar-refractivity contribution in [1.82, 2.24) is 4.90 Å². The van der Waals surface area contributed by atoms with Gasteiger partial charge in [-0.3, -0.25) is 4.79 Å². The lowest BCUT2D eigenvalue weighted by molar-refractivity contribution is 0.0223. The van der Waals surface area contributed by atoms with Crippen LogP contribution < -0.4 is 4.74 Å². The highest BCUT2D eigenvalue weighted by Gasteiger charge is 2.60. The monoisotopic (exact) mass is 403 g/mol. The van der Waals surface area contributed by atoms with Crippen molar-refractivity contribution in [3.05, 3.63) is 101 Å². The van der Waals surface area contributed by atoms with E-state index in [1.165, 1.54) is 0 Å². The molecule has 1 saturated heterocycles. The first-order valence-corrected chi connectivity index (χ1v) is 10.3. The van der Waals surface area contributed by atoms with E-state index in [9.17, 15) is 4.79 Å². The summed E-state index contributed by atoms with van der Waals surface area (Å²) in [7, 11) is 2.08. The van der Waals surface area contributed by atoms with Gasteiger partial charge in [0.05, 0.1) is 11.0 Å². The van der Waals surface area contributed by atoms with Gasteiger partial charge in [0.1, 0.15) is 11.9 Å². The number of halogens is 1. The van der Waals surface area contributed by atoms with Crippen LogP contribution in [0.15, 0.2) is 78.9 Å². The molecule has 2 aliphatic heterocycles. The van der Waals surface area contributed by atoms with Crippen LogP contribution in [0.3, 0.4) is 0 Å². The van der Waals surface area contributed by atoms with Gasteiger partial charge in [-0.2, -0.15) is 0 Å². The number of hydrogen-bond acceptors (Lipinski definition) is 3. The van der Waals surface area contributed by atoms with Gasteiger partial charge in [-0.25, -0.2) is 0 Å². The number of fused-ring (bicyclic) bond motifs is 1. The summed E-state index contributed by atoms with van der Waals surface area (Å²) in [5, 5.41) is 0.699. The molecule has 4 heteroatoms. The molecule has 0 amide bonds. The fourth-order valence-corrected chi connectivity index (χ4v) is 5.17. The predicted molar refractivity (Wildman–Crippen MR) is 115 cm³/mol. The number of Topliss-reactive ketones (excluding diaryl/α,β-unsaturated/α-hetero) is 1. The minimum Gasteiger partial charge on any atom is -0.484 e. The zero-order valence-electron chi connectivity index (χ0n) is 16.2. The second-order valence-electron chi connectivity index (χ2n) is 8.08. The maximum absolute atomic E-state index is 14.1. The van der Waals surface area contributed by atoms with Crippen molar-refractivity contribution in [3.63, 3.8) is 0 Å². The lowest BCUT2D eigenvalue weighted by atomic mass is 9.63. The highest BCUT2D eigenvalue weighted by Crippen LogP contribution is 2.57. The molecule has 3 nitrogen and oxygen atoms in total. The van der Waals surface area contributed by atoms with Gasteiger partial charge in [-0.1, -0.05) is 66.2 Å². The normalized spacial score (nSPS) is 26.3. The Bertz CT molecular complexity index is 1050. The summed E-state index contributed by atoms with van der Waals surface area (Å²) in [4.78, 5) is 16.3. The lowest BCUT2D eigenvalue weighted by Gasteiger charge is -2.44. The van der Waals surface area contributed by atoms with Crippen LogP contribution in [0.1, 0.15) is 33.5 Å². The molecule has 2 aliphatic rings. The van der Waals surface area contributed by atoms with Crippen molar-refractivity contribution < 1.29 is 9.53 Å². The molecule has 1 fully saturated rings. The largest absolute Gasteiger partial charge is 0.484 e. The van der Waals surface area contributed by atoms with E-state index in [4.69, 9.17) is 16.3 Å². The van der Waals surface area contributed by atoms with Crippen molar-refractivity contribution in [2.24, 2.45) is 5.41 Å². The first kappa shape index (κ1) is 18.4. The third kappa shape index (κ3) is 2.88. The summed E-state index contributed by atoms with van der Waals surface area (Å²) >= 11 is 6.14. The number of carbonyl (C=O) groups is 1. The van der Waals surface area contributed by atoms with Crippen LogP contribution >= 0.6 is 11.6 Å². The molecular formula is C25H22ClNO2. The summed E-state index contributed by atoms with van der Waals surface area (Å²) in [5.41, 5.74) is 2.13. The average Bonchev–Trinajstić information content (AvgIpc) is 3.10. The standard InChI is InChI=1S/C25H22ClNO2/c1-27-15-21(17-11-13-19(26)14-12-17)25(16-27)23(28)20-9-5-6-10-22(20)29-24(25)18-7-3-2-4-8-18/h2-14,21,24H,15-16H2,1H3/t21-,24-,25-/m0/s1. The topological polar surface area (TPSA) is 29.5 Å². The molecule has 0 radical (unpaired) electrons. The molecule has 3 atom stereocenters. The second kappa shape index (κ2) is 7.01. The number of hydrogen-bond donors (Lipinski definition) is 0. The Kier molecular flexibility index (Phi) is 4.45.